The molecule has 0 saturated carbocycles. The van der Waals surface area contributed by atoms with E-state index in [-0.39, 0.29) is 5.82 Å². The highest BCUT2D eigenvalue weighted by molar-refractivity contribution is 6.11. The minimum absolute atomic E-state index is 0.180. The van der Waals surface area contributed by atoms with Gasteiger partial charge in [0.2, 0.25) is 0 Å². The van der Waals surface area contributed by atoms with Crippen LogP contribution in [0.5, 0.6) is 0 Å². The fraction of sp³-hybridized carbons (Fsp3) is 0.318. The first kappa shape index (κ1) is 19.0. The van der Waals surface area contributed by atoms with Crippen molar-refractivity contribution in [2.75, 3.05) is 0 Å². The highest BCUT2D eigenvalue weighted by Gasteiger charge is 2.23. The molecule has 128 valence electrons. The molecule has 1 aromatic rings. The average molecular weight is 330 g/mol. The summed E-state index contributed by atoms with van der Waals surface area (Å²) < 4.78 is 2.25. The van der Waals surface area contributed by atoms with Crippen LogP contribution in [0.4, 0.5) is 0 Å². The zero-order valence-electron chi connectivity index (χ0n) is 15.4. The lowest BCUT2D eigenvalue weighted by Gasteiger charge is -2.14. The molecule has 0 aromatic carbocycles. The second-order valence-electron chi connectivity index (χ2n) is 6.21. The zero-order chi connectivity index (χ0) is 18.2. The molecular weight excluding hydrogens is 303 g/mol. The summed E-state index contributed by atoms with van der Waals surface area (Å²) in [6.45, 7) is 11.8. The third-order valence-corrected chi connectivity index (χ3v) is 4.29. The van der Waals surface area contributed by atoms with Gasteiger partial charge in [-0.15, -0.1) is 0 Å². The van der Waals surface area contributed by atoms with Gasteiger partial charge in [-0.1, -0.05) is 61.9 Å². The molecule has 0 fully saturated rings. The quantitative estimate of drug-likeness (QED) is 0.384. The molecule has 0 amide bonds. The van der Waals surface area contributed by atoms with Crippen LogP contribution in [-0.2, 0) is 12.8 Å². The lowest BCUT2D eigenvalue weighted by molar-refractivity contribution is 0.696. The predicted octanol–water partition coefficient (Wildman–Crippen LogP) is 5.47. The molecule has 1 aliphatic rings. The molecule has 1 aromatic heterocycles. The van der Waals surface area contributed by atoms with Gasteiger partial charge < -0.3 is 0 Å². The summed E-state index contributed by atoms with van der Waals surface area (Å²) in [4.78, 5) is 4.99. The molecule has 0 spiro atoms. The standard InChI is InChI=1S/C22H27BN2/c1-5-10-17(11-6-2)22-24-20-16-18(23)14-9-15-21(20)25(22)19(12-7-3)13-8-4/h5-8,10-13,18H,1,3,9,14-16H2,2,4H3/b11-6-,13-8-,17-10+,19-12+. The van der Waals surface area contributed by atoms with E-state index in [1.807, 2.05) is 44.2 Å². The molecule has 0 saturated heterocycles. The summed E-state index contributed by atoms with van der Waals surface area (Å²) in [7, 11) is 6.26. The van der Waals surface area contributed by atoms with E-state index in [1.54, 1.807) is 6.08 Å². The number of rotatable bonds is 6. The van der Waals surface area contributed by atoms with E-state index in [0.29, 0.717) is 0 Å². The van der Waals surface area contributed by atoms with Gasteiger partial charge in [0.1, 0.15) is 5.82 Å². The van der Waals surface area contributed by atoms with E-state index in [2.05, 4.69) is 29.9 Å². The summed E-state index contributed by atoms with van der Waals surface area (Å²) in [5.74, 6) is 1.11. The number of aromatic nitrogens is 2. The van der Waals surface area contributed by atoms with Crippen molar-refractivity contribution >= 4 is 19.1 Å². The maximum Gasteiger partial charge on any atom is 0.145 e. The Morgan fingerprint density at radius 2 is 1.88 bits per heavy atom. The topological polar surface area (TPSA) is 17.8 Å². The molecule has 1 unspecified atom stereocenters. The molecule has 2 rings (SSSR count). The number of nitrogens with zero attached hydrogens (tertiary/aromatic N) is 2. The third-order valence-electron chi connectivity index (χ3n) is 4.29. The van der Waals surface area contributed by atoms with Crippen molar-refractivity contribution in [2.45, 2.75) is 45.3 Å². The Bertz CT molecular complexity index is 744. The Labute approximate surface area is 153 Å². The molecule has 1 aliphatic carbocycles. The van der Waals surface area contributed by atoms with Gasteiger partial charge in [0.05, 0.1) is 13.5 Å². The van der Waals surface area contributed by atoms with Crippen molar-refractivity contribution < 1.29 is 0 Å². The Hall–Kier alpha value is -2.29. The summed E-state index contributed by atoms with van der Waals surface area (Å²) in [5.41, 5.74) is 4.47. The van der Waals surface area contributed by atoms with Crippen molar-refractivity contribution in [3.63, 3.8) is 0 Å². The fourth-order valence-corrected chi connectivity index (χ4v) is 3.28. The summed E-state index contributed by atoms with van der Waals surface area (Å²) in [5, 5.41) is 0. The largest absolute Gasteiger partial charge is 0.297 e. The highest BCUT2D eigenvalue weighted by atomic mass is 15.1. The second-order valence-corrected chi connectivity index (χ2v) is 6.21. The molecule has 1 heterocycles. The van der Waals surface area contributed by atoms with Gasteiger partial charge >= 0.3 is 0 Å². The fourth-order valence-electron chi connectivity index (χ4n) is 3.28. The van der Waals surface area contributed by atoms with Gasteiger partial charge in [0.25, 0.3) is 0 Å². The van der Waals surface area contributed by atoms with Crippen LogP contribution < -0.4 is 0 Å². The summed E-state index contributed by atoms with van der Waals surface area (Å²) >= 11 is 0. The summed E-state index contributed by atoms with van der Waals surface area (Å²) in [6, 6.07) is 0. The Kier molecular flexibility index (Phi) is 7.06. The third kappa shape index (κ3) is 4.42. The first-order chi connectivity index (χ1) is 12.2. The minimum Gasteiger partial charge on any atom is -0.297 e. The number of allylic oxidation sites excluding steroid dienone is 10. The number of hydrogen-bond donors (Lipinski definition) is 0. The van der Waals surface area contributed by atoms with Crippen LogP contribution in [0.15, 0.2) is 61.8 Å². The van der Waals surface area contributed by atoms with E-state index in [4.69, 9.17) is 12.8 Å². The molecule has 2 nitrogen and oxygen atoms in total. The van der Waals surface area contributed by atoms with Crippen molar-refractivity contribution in [3.05, 3.63) is 79.0 Å². The van der Waals surface area contributed by atoms with Crippen molar-refractivity contribution in [1.29, 1.82) is 0 Å². The molecule has 0 N–H and O–H groups in total. The number of hydrogen-bond acceptors (Lipinski definition) is 1. The normalized spacial score (nSPS) is 19.2. The zero-order valence-corrected chi connectivity index (χ0v) is 15.4. The van der Waals surface area contributed by atoms with Crippen LogP contribution in [0.25, 0.3) is 11.3 Å². The van der Waals surface area contributed by atoms with Gasteiger partial charge in [0.15, 0.2) is 0 Å². The van der Waals surface area contributed by atoms with Crippen LogP contribution in [0, 0.1) is 0 Å². The summed E-state index contributed by atoms with van der Waals surface area (Å²) in [6.07, 6.45) is 19.8. The molecule has 0 bridgehead atoms. The Balaban J connectivity index is 2.76. The predicted molar refractivity (Wildman–Crippen MR) is 111 cm³/mol. The van der Waals surface area contributed by atoms with Crippen molar-refractivity contribution in [1.82, 2.24) is 9.55 Å². The molecular formula is C22H27BN2. The van der Waals surface area contributed by atoms with Gasteiger partial charge in [0, 0.05) is 17.0 Å². The van der Waals surface area contributed by atoms with Gasteiger partial charge in [-0.2, -0.15) is 0 Å². The Morgan fingerprint density at radius 1 is 1.16 bits per heavy atom. The minimum atomic E-state index is 0.180. The molecule has 3 heteroatoms. The van der Waals surface area contributed by atoms with Crippen molar-refractivity contribution in [3.8, 4) is 0 Å². The molecule has 25 heavy (non-hydrogen) atoms. The highest BCUT2D eigenvalue weighted by Crippen LogP contribution is 2.32. The van der Waals surface area contributed by atoms with E-state index in [1.165, 1.54) is 5.69 Å². The maximum atomic E-state index is 6.26. The lowest BCUT2D eigenvalue weighted by Crippen LogP contribution is -2.05. The first-order valence-electron chi connectivity index (χ1n) is 8.93. The first-order valence-corrected chi connectivity index (χ1v) is 8.93. The van der Waals surface area contributed by atoms with Crippen LogP contribution in [0.2, 0.25) is 5.82 Å². The maximum absolute atomic E-state index is 6.26. The van der Waals surface area contributed by atoms with E-state index in [9.17, 15) is 0 Å². The van der Waals surface area contributed by atoms with Crippen LogP contribution in [-0.4, -0.2) is 17.4 Å². The molecule has 0 aliphatic heterocycles. The van der Waals surface area contributed by atoms with E-state index in [0.717, 1.165) is 48.5 Å². The SMILES string of the molecule is [B]C1CCCc2c(nc(C(/C=C\C)=C/C=C)n2C(/C=C\C)=C/C=C)C1. The van der Waals surface area contributed by atoms with Crippen LogP contribution in [0.3, 0.4) is 0 Å². The lowest BCUT2D eigenvalue weighted by atomic mass is 9.81. The van der Waals surface area contributed by atoms with Gasteiger partial charge in [-0.25, -0.2) is 4.98 Å². The van der Waals surface area contributed by atoms with Crippen LogP contribution >= 0.6 is 0 Å². The molecule has 2 radical (unpaired) electrons. The van der Waals surface area contributed by atoms with Gasteiger partial charge in [-0.05, 0) is 45.3 Å². The second kappa shape index (κ2) is 9.26. The van der Waals surface area contributed by atoms with E-state index >= 15 is 0 Å². The smallest absolute Gasteiger partial charge is 0.145 e. The number of fused-ring (bicyclic) bond motifs is 1. The number of imidazole rings is 1. The average Bonchev–Trinajstić information content (AvgIpc) is 2.82. The molecule has 1 atom stereocenters. The van der Waals surface area contributed by atoms with Gasteiger partial charge in [-0.3, -0.25) is 4.57 Å². The van der Waals surface area contributed by atoms with E-state index < -0.39 is 0 Å². The van der Waals surface area contributed by atoms with Crippen LogP contribution in [0.1, 0.15) is 43.9 Å². The monoisotopic (exact) mass is 330 g/mol. The van der Waals surface area contributed by atoms with Crippen molar-refractivity contribution in [2.24, 2.45) is 0 Å². The Morgan fingerprint density at radius 3 is 2.52 bits per heavy atom.